The van der Waals surface area contributed by atoms with E-state index in [1.54, 1.807) is 5.38 Å². The summed E-state index contributed by atoms with van der Waals surface area (Å²) in [6.45, 7) is 6.58. The Morgan fingerprint density at radius 1 is 1.74 bits per heavy atom. The Balaban J connectivity index is 1.79. The number of nitrogens with one attached hydrogen (secondary N) is 1. The first-order valence-electron chi connectivity index (χ1n) is 6.49. The molecule has 0 radical (unpaired) electrons. The third-order valence-corrected chi connectivity index (χ3v) is 3.99. The molecule has 0 spiro atoms. The topological polar surface area (TPSA) is 80.5 Å². The SMILES string of the molecule is CCN1CCOC(CNC(=O)c2csc(CN)n2)C1. The monoisotopic (exact) mass is 284 g/mol. The van der Waals surface area contributed by atoms with Crippen molar-refractivity contribution in [3.63, 3.8) is 0 Å². The van der Waals surface area contributed by atoms with Crippen LogP contribution in [0.2, 0.25) is 0 Å². The van der Waals surface area contributed by atoms with Crippen molar-refractivity contribution in [2.75, 3.05) is 32.8 Å². The van der Waals surface area contributed by atoms with Crippen molar-refractivity contribution < 1.29 is 9.53 Å². The molecule has 0 saturated carbocycles. The Bertz CT molecular complexity index is 424. The van der Waals surface area contributed by atoms with Crippen LogP contribution < -0.4 is 11.1 Å². The molecule has 19 heavy (non-hydrogen) atoms. The molecule has 0 aliphatic carbocycles. The van der Waals surface area contributed by atoms with Crippen molar-refractivity contribution in [2.45, 2.75) is 19.6 Å². The summed E-state index contributed by atoms with van der Waals surface area (Å²) in [6.07, 6.45) is 0.0604. The molecule has 1 atom stereocenters. The Morgan fingerprint density at radius 3 is 3.26 bits per heavy atom. The molecule has 2 rings (SSSR count). The van der Waals surface area contributed by atoms with E-state index in [1.807, 2.05) is 0 Å². The van der Waals surface area contributed by atoms with Gasteiger partial charge in [0, 0.05) is 31.6 Å². The zero-order valence-corrected chi connectivity index (χ0v) is 11.9. The zero-order chi connectivity index (χ0) is 13.7. The van der Waals surface area contributed by atoms with Gasteiger partial charge in [-0.2, -0.15) is 0 Å². The van der Waals surface area contributed by atoms with Crippen LogP contribution in [-0.4, -0.2) is 54.7 Å². The van der Waals surface area contributed by atoms with E-state index in [-0.39, 0.29) is 12.0 Å². The van der Waals surface area contributed by atoms with Crippen LogP contribution in [0.15, 0.2) is 5.38 Å². The molecule has 2 heterocycles. The molecule has 106 valence electrons. The van der Waals surface area contributed by atoms with Crippen LogP contribution in [0.3, 0.4) is 0 Å². The molecule has 1 saturated heterocycles. The fourth-order valence-corrected chi connectivity index (χ4v) is 2.65. The molecular weight excluding hydrogens is 264 g/mol. The Hall–Kier alpha value is -1.02. The van der Waals surface area contributed by atoms with Crippen LogP contribution in [0.1, 0.15) is 22.4 Å². The first-order valence-corrected chi connectivity index (χ1v) is 7.37. The van der Waals surface area contributed by atoms with Crippen LogP contribution in [0.5, 0.6) is 0 Å². The normalized spacial score (nSPS) is 20.4. The lowest BCUT2D eigenvalue weighted by atomic mass is 10.2. The summed E-state index contributed by atoms with van der Waals surface area (Å²) in [6, 6.07) is 0. The second-order valence-corrected chi connectivity index (χ2v) is 5.37. The van der Waals surface area contributed by atoms with E-state index in [0.717, 1.165) is 31.2 Å². The van der Waals surface area contributed by atoms with E-state index in [4.69, 9.17) is 10.5 Å². The number of amides is 1. The van der Waals surface area contributed by atoms with Crippen molar-refractivity contribution >= 4 is 17.2 Å². The summed E-state index contributed by atoms with van der Waals surface area (Å²) < 4.78 is 5.63. The quantitative estimate of drug-likeness (QED) is 0.799. The minimum Gasteiger partial charge on any atom is -0.374 e. The third-order valence-electron chi connectivity index (χ3n) is 3.12. The number of carbonyl (C=O) groups excluding carboxylic acids is 1. The number of nitrogens with two attached hydrogens (primary N) is 1. The highest BCUT2D eigenvalue weighted by Crippen LogP contribution is 2.09. The molecule has 1 unspecified atom stereocenters. The summed E-state index contributed by atoms with van der Waals surface area (Å²) >= 11 is 1.41. The van der Waals surface area contributed by atoms with Crippen LogP contribution in [-0.2, 0) is 11.3 Å². The molecule has 6 nitrogen and oxygen atoms in total. The molecular formula is C12H20N4O2S. The Labute approximate surface area is 116 Å². The minimum absolute atomic E-state index is 0.0604. The van der Waals surface area contributed by atoms with Gasteiger partial charge in [0.05, 0.1) is 12.7 Å². The van der Waals surface area contributed by atoms with Crippen LogP contribution in [0, 0.1) is 0 Å². The van der Waals surface area contributed by atoms with Gasteiger partial charge in [-0.15, -0.1) is 11.3 Å². The molecule has 1 aliphatic rings. The number of carbonyl (C=O) groups is 1. The van der Waals surface area contributed by atoms with Crippen molar-refractivity contribution in [1.29, 1.82) is 0 Å². The molecule has 1 aromatic rings. The molecule has 1 aromatic heterocycles. The fraction of sp³-hybridized carbons (Fsp3) is 0.667. The maximum atomic E-state index is 11.9. The van der Waals surface area contributed by atoms with Gasteiger partial charge < -0.3 is 15.8 Å². The molecule has 0 bridgehead atoms. The van der Waals surface area contributed by atoms with Gasteiger partial charge in [0.2, 0.25) is 0 Å². The van der Waals surface area contributed by atoms with Gasteiger partial charge in [-0.25, -0.2) is 4.98 Å². The van der Waals surface area contributed by atoms with Gasteiger partial charge in [-0.1, -0.05) is 6.92 Å². The number of ether oxygens (including phenoxy) is 1. The number of morpholine rings is 1. The van der Waals surface area contributed by atoms with Crippen molar-refractivity contribution in [3.05, 3.63) is 16.1 Å². The van der Waals surface area contributed by atoms with Gasteiger partial charge in [0.1, 0.15) is 10.7 Å². The number of hydrogen-bond acceptors (Lipinski definition) is 6. The van der Waals surface area contributed by atoms with Crippen molar-refractivity contribution in [3.8, 4) is 0 Å². The average Bonchev–Trinajstić information content (AvgIpc) is 2.94. The van der Waals surface area contributed by atoms with E-state index in [0.29, 0.717) is 18.8 Å². The predicted octanol–water partition coefficient (Wildman–Crippen LogP) is 0.0523. The van der Waals surface area contributed by atoms with E-state index in [9.17, 15) is 4.79 Å². The van der Waals surface area contributed by atoms with E-state index in [2.05, 4.69) is 22.1 Å². The number of hydrogen-bond donors (Lipinski definition) is 2. The molecule has 3 N–H and O–H groups in total. The minimum atomic E-state index is -0.159. The summed E-state index contributed by atoms with van der Waals surface area (Å²) in [7, 11) is 0. The summed E-state index contributed by atoms with van der Waals surface area (Å²) in [5.74, 6) is -0.159. The lowest BCUT2D eigenvalue weighted by Gasteiger charge is -2.32. The smallest absolute Gasteiger partial charge is 0.270 e. The second kappa shape index (κ2) is 6.95. The lowest BCUT2D eigenvalue weighted by molar-refractivity contribution is -0.0246. The van der Waals surface area contributed by atoms with E-state index < -0.39 is 0 Å². The highest BCUT2D eigenvalue weighted by Gasteiger charge is 2.20. The maximum absolute atomic E-state index is 11.9. The number of aromatic nitrogens is 1. The number of rotatable bonds is 5. The summed E-state index contributed by atoms with van der Waals surface area (Å²) in [5.41, 5.74) is 5.91. The zero-order valence-electron chi connectivity index (χ0n) is 11.1. The predicted molar refractivity (Wildman–Crippen MR) is 74.2 cm³/mol. The Kier molecular flexibility index (Phi) is 5.26. The highest BCUT2D eigenvalue weighted by atomic mass is 32.1. The Morgan fingerprint density at radius 2 is 2.58 bits per heavy atom. The summed E-state index contributed by atoms with van der Waals surface area (Å²) in [4.78, 5) is 18.4. The van der Waals surface area contributed by atoms with E-state index in [1.165, 1.54) is 11.3 Å². The van der Waals surface area contributed by atoms with Crippen molar-refractivity contribution in [2.24, 2.45) is 5.73 Å². The number of nitrogens with zero attached hydrogens (tertiary/aromatic N) is 2. The van der Waals surface area contributed by atoms with Gasteiger partial charge in [0.25, 0.3) is 5.91 Å². The largest absolute Gasteiger partial charge is 0.374 e. The molecule has 7 heteroatoms. The van der Waals surface area contributed by atoms with Gasteiger partial charge in [0.15, 0.2) is 0 Å². The maximum Gasteiger partial charge on any atom is 0.270 e. The van der Waals surface area contributed by atoms with Crippen LogP contribution >= 0.6 is 11.3 Å². The van der Waals surface area contributed by atoms with Crippen LogP contribution in [0.4, 0.5) is 0 Å². The summed E-state index contributed by atoms with van der Waals surface area (Å²) in [5, 5.41) is 5.37. The number of thiazole rings is 1. The van der Waals surface area contributed by atoms with E-state index >= 15 is 0 Å². The molecule has 0 aromatic carbocycles. The molecule has 1 aliphatic heterocycles. The van der Waals surface area contributed by atoms with Gasteiger partial charge in [-0.3, -0.25) is 9.69 Å². The second-order valence-electron chi connectivity index (χ2n) is 4.43. The van der Waals surface area contributed by atoms with Crippen LogP contribution in [0.25, 0.3) is 0 Å². The van der Waals surface area contributed by atoms with Crippen molar-refractivity contribution in [1.82, 2.24) is 15.2 Å². The highest BCUT2D eigenvalue weighted by molar-refractivity contribution is 7.09. The molecule has 1 fully saturated rings. The molecule has 1 amide bonds. The average molecular weight is 284 g/mol. The first kappa shape index (κ1) is 14.4. The third kappa shape index (κ3) is 3.97. The first-order chi connectivity index (χ1) is 9.22. The fourth-order valence-electron chi connectivity index (χ4n) is 2.00. The standard InChI is InChI=1S/C12H20N4O2S/c1-2-16-3-4-18-9(7-16)6-14-12(17)10-8-19-11(5-13)15-10/h8-9H,2-7,13H2,1H3,(H,14,17). The van der Waals surface area contributed by atoms with Gasteiger partial charge in [-0.05, 0) is 6.54 Å². The lowest BCUT2D eigenvalue weighted by Crippen LogP contribution is -2.47. The van der Waals surface area contributed by atoms with Gasteiger partial charge >= 0.3 is 0 Å². The number of likely N-dealkylation sites (N-methyl/N-ethyl adjacent to an activating group) is 1.